The van der Waals surface area contributed by atoms with Crippen molar-refractivity contribution in [2.45, 2.75) is 6.92 Å². The average molecular weight is 350 g/mol. The molecule has 2 aromatic carbocycles. The Labute approximate surface area is 148 Å². The van der Waals surface area contributed by atoms with Gasteiger partial charge in [0.1, 0.15) is 5.82 Å². The van der Waals surface area contributed by atoms with Crippen LogP contribution in [0.25, 0.3) is 11.3 Å². The van der Waals surface area contributed by atoms with Crippen molar-refractivity contribution in [3.05, 3.63) is 75.7 Å². The van der Waals surface area contributed by atoms with Crippen LogP contribution in [0.1, 0.15) is 18.1 Å². The maximum Gasteiger partial charge on any atom is 0.206 e. The Balaban J connectivity index is 2.06. The predicted molar refractivity (Wildman–Crippen MR) is 98.0 cm³/mol. The van der Waals surface area contributed by atoms with Crippen LogP contribution in [0.5, 0.6) is 0 Å². The molecule has 0 atom stereocenters. The number of hydrogen-bond acceptors (Lipinski definition) is 4. The van der Waals surface area contributed by atoms with Gasteiger partial charge in [0.25, 0.3) is 0 Å². The first kappa shape index (κ1) is 16.8. The number of hydrogen-bond donors (Lipinski definition) is 0. The number of halogens is 1. The van der Waals surface area contributed by atoms with Crippen molar-refractivity contribution in [3.63, 3.8) is 0 Å². The fourth-order valence-electron chi connectivity index (χ4n) is 2.28. The normalized spacial score (nSPS) is 11.8. The highest BCUT2D eigenvalue weighted by atomic mass is 32.1. The number of thiazole rings is 1. The summed E-state index contributed by atoms with van der Waals surface area (Å²) in [5.41, 5.74) is 2.57. The van der Waals surface area contributed by atoms with Crippen molar-refractivity contribution in [1.29, 1.82) is 5.26 Å². The zero-order valence-electron chi connectivity index (χ0n) is 13.6. The van der Waals surface area contributed by atoms with Crippen LogP contribution in [0.3, 0.4) is 0 Å². The summed E-state index contributed by atoms with van der Waals surface area (Å²) in [7, 11) is 0. The summed E-state index contributed by atoms with van der Waals surface area (Å²) in [5, 5.41) is 15.2. The molecule has 0 unspecified atom stereocenters. The minimum absolute atomic E-state index is 0.300. The van der Waals surface area contributed by atoms with Gasteiger partial charge in [0, 0.05) is 17.5 Å². The van der Waals surface area contributed by atoms with Crippen molar-refractivity contribution in [2.24, 2.45) is 10.1 Å². The minimum atomic E-state index is -0.300. The lowest BCUT2D eigenvalue weighted by Crippen LogP contribution is -2.12. The van der Waals surface area contributed by atoms with Crippen LogP contribution in [0.4, 0.5) is 4.39 Å². The number of benzene rings is 2. The number of rotatable bonds is 4. The van der Waals surface area contributed by atoms with Crippen molar-refractivity contribution < 1.29 is 4.39 Å². The van der Waals surface area contributed by atoms with E-state index in [-0.39, 0.29) is 5.82 Å². The first-order valence-corrected chi connectivity index (χ1v) is 8.61. The van der Waals surface area contributed by atoms with Crippen LogP contribution in [0, 0.1) is 17.1 Å². The smallest absolute Gasteiger partial charge is 0.206 e. The number of nitrogens with zero attached hydrogens (tertiary/aromatic N) is 4. The summed E-state index contributed by atoms with van der Waals surface area (Å²) in [5.74, 6) is -0.300. The van der Waals surface area contributed by atoms with Gasteiger partial charge >= 0.3 is 0 Å². The lowest BCUT2D eigenvalue weighted by Gasteiger charge is -2.04. The van der Waals surface area contributed by atoms with Gasteiger partial charge in [0.15, 0.2) is 0 Å². The molecular weight excluding hydrogens is 335 g/mol. The lowest BCUT2D eigenvalue weighted by molar-refractivity contribution is 0.629. The molecule has 0 fully saturated rings. The largest absolute Gasteiger partial charge is 0.258 e. The molecule has 0 amide bonds. The van der Waals surface area contributed by atoms with Gasteiger partial charge in [-0.25, -0.2) is 9.07 Å². The molecule has 25 heavy (non-hydrogen) atoms. The SMILES string of the molecule is CCN=c1scc(-c2ccccc2F)n1N=Cc1ccc(C#N)cc1. The predicted octanol–water partition coefficient (Wildman–Crippen LogP) is 4.03. The van der Waals surface area contributed by atoms with E-state index >= 15 is 0 Å². The molecule has 0 bridgehead atoms. The van der Waals surface area contributed by atoms with Gasteiger partial charge < -0.3 is 0 Å². The molecule has 0 aliphatic heterocycles. The maximum absolute atomic E-state index is 14.2. The van der Waals surface area contributed by atoms with Crippen LogP contribution in [0.15, 0.2) is 64.0 Å². The zero-order chi connectivity index (χ0) is 17.6. The van der Waals surface area contributed by atoms with Gasteiger partial charge in [-0.2, -0.15) is 10.4 Å². The van der Waals surface area contributed by atoms with Crippen LogP contribution in [0.2, 0.25) is 0 Å². The Morgan fingerprint density at radius 1 is 1.20 bits per heavy atom. The van der Waals surface area contributed by atoms with Crippen molar-refractivity contribution in [2.75, 3.05) is 6.54 Å². The second-order valence-electron chi connectivity index (χ2n) is 5.15. The fourth-order valence-corrected chi connectivity index (χ4v) is 3.17. The summed E-state index contributed by atoms with van der Waals surface area (Å²) in [6.45, 7) is 2.56. The quantitative estimate of drug-likeness (QED) is 0.656. The van der Waals surface area contributed by atoms with Crippen molar-refractivity contribution in [1.82, 2.24) is 4.68 Å². The summed E-state index contributed by atoms with van der Waals surface area (Å²) in [4.78, 5) is 5.12. The second-order valence-corrected chi connectivity index (χ2v) is 5.98. The van der Waals surface area contributed by atoms with E-state index in [0.717, 1.165) is 5.56 Å². The van der Waals surface area contributed by atoms with Gasteiger partial charge in [-0.1, -0.05) is 24.3 Å². The first-order chi connectivity index (χ1) is 12.2. The minimum Gasteiger partial charge on any atom is -0.258 e. The van der Waals surface area contributed by atoms with E-state index in [1.165, 1.54) is 17.4 Å². The molecule has 6 heteroatoms. The maximum atomic E-state index is 14.2. The van der Waals surface area contributed by atoms with E-state index in [4.69, 9.17) is 5.26 Å². The molecule has 0 spiro atoms. The van der Waals surface area contributed by atoms with Gasteiger partial charge in [-0.3, -0.25) is 4.99 Å². The molecule has 124 valence electrons. The molecule has 0 radical (unpaired) electrons. The number of aromatic nitrogens is 1. The highest BCUT2D eigenvalue weighted by Crippen LogP contribution is 2.23. The Bertz CT molecular complexity index is 1010. The fraction of sp³-hybridized carbons (Fsp3) is 0.105. The first-order valence-electron chi connectivity index (χ1n) is 7.73. The van der Waals surface area contributed by atoms with E-state index in [9.17, 15) is 4.39 Å². The van der Waals surface area contributed by atoms with Crippen LogP contribution in [-0.2, 0) is 0 Å². The molecule has 0 N–H and O–H groups in total. The Hall–Kier alpha value is -3.04. The molecule has 0 aliphatic carbocycles. The standard InChI is InChI=1S/C19H15FN4S/c1-2-22-19-24(23-12-15-9-7-14(11-21)8-10-15)18(13-25-19)16-5-3-4-6-17(16)20/h3-10,12-13H,2H2,1H3. The van der Waals surface area contributed by atoms with Crippen molar-refractivity contribution >= 4 is 17.6 Å². The Morgan fingerprint density at radius 2 is 1.96 bits per heavy atom. The molecular formula is C19H15FN4S. The highest BCUT2D eigenvalue weighted by molar-refractivity contribution is 7.07. The van der Waals surface area contributed by atoms with Gasteiger partial charge in [-0.05, 0) is 36.8 Å². The van der Waals surface area contributed by atoms with Gasteiger partial charge in [0.2, 0.25) is 4.80 Å². The molecule has 1 heterocycles. The summed E-state index contributed by atoms with van der Waals surface area (Å²) >= 11 is 1.42. The number of nitriles is 1. The van der Waals surface area contributed by atoms with E-state index < -0.39 is 0 Å². The van der Waals surface area contributed by atoms with Gasteiger partial charge in [0.05, 0.1) is 23.5 Å². The van der Waals surface area contributed by atoms with E-state index in [1.807, 2.05) is 24.4 Å². The Morgan fingerprint density at radius 3 is 2.64 bits per heavy atom. The van der Waals surface area contributed by atoms with E-state index in [0.29, 0.717) is 28.2 Å². The zero-order valence-corrected chi connectivity index (χ0v) is 14.4. The molecule has 0 saturated heterocycles. The topological polar surface area (TPSA) is 53.4 Å². The second kappa shape index (κ2) is 7.69. The van der Waals surface area contributed by atoms with E-state index in [1.54, 1.807) is 41.2 Å². The lowest BCUT2D eigenvalue weighted by atomic mass is 10.1. The third-order valence-electron chi connectivity index (χ3n) is 3.49. The van der Waals surface area contributed by atoms with Crippen LogP contribution >= 0.6 is 11.3 Å². The van der Waals surface area contributed by atoms with Gasteiger partial charge in [-0.15, -0.1) is 11.3 Å². The van der Waals surface area contributed by atoms with E-state index in [2.05, 4.69) is 16.2 Å². The monoisotopic (exact) mass is 350 g/mol. The summed E-state index contributed by atoms with van der Waals surface area (Å²) in [6.07, 6.45) is 1.67. The average Bonchev–Trinajstić information content (AvgIpc) is 3.03. The molecule has 4 nitrogen and oxygen atoms in total. The summed E-state index contributed by atoms with van der Waals surface area (Å²) in [6, 6.07) is 15.8. The third-order valence-corrected chi connectivity index (χ3v) is 4.34. The highest BCUT2D eigenvalue weighted by Gasteiger charge is 2.11. The third kappa shape index (κ3) is 3.73. The molecule has 0 aliphatic rings. The molecule has 3 aromatic rings. The molecule has 1 aromatic heterocycles. The van der Waals surface area contributed by atoms with Crippen LogP contribution in [-0.4, -0.2) is 17.4 Å². The van der Waals surface area contributed by atoms with Crippen molar-refractivity contribution in [3.8, 4) is 17.3 Å². The Kier molecular flexibility index (Phi) is 5.17. The summed E-state index contributed by atoms with van der Waals surface area (Å²) < 4.78 is 15.8. The molecule has 0 saturated carbocycles. The van der Waals surface area contributed by atoms with Crippen LogP contribution < -0.4 is 4.80 Å². The molecule has 3 rings (SSSR count).